The molecule has 0 bridgehead atoms. The quantitative estimate of drug-likeness (QED) is 0.824. The van der Waals surface area contributed by atoms with E-state index in [4.69, 9.17) is 17.3 Å². The molecule has 1 unspecified atom stereocenters. The molecule has 0 aromatic heterocycles. The fraction of sp³-hybridized carbons (Fsp3) is 0.571. The standard InChI is InChI=1S/C14H23ClN2O2S.ClH/c1-10(2)8-14(4,9-16)17-20(18,19)13-6-5-11(3)7-12(13)15;/h5-7,10,17H,8-9,16H2,1-4H3;1H. The first-order chi connectivity index (χ1) is 9.09. The number of sulfonamides is 1. The number of hydrogen-bond acceptors (Lipinski definition) is 3. The number of halogens is 2. The van der Waals surface area contributed by atoms with Crippen LogP contribution in [0.3, 0.4) is 0 Å². The molecular formula is C14H24Cl2N2O2S. The van der Waals surface area contributed by atoms with Crippen molar-refractivity contribution in [1.29, 1.82) is 0 Å². The molecule has 122 valence electrons. The second kappa shape index (κ2) is 7.79. The van der Waals surface area contributed by atoms with Gasteiger partial charge in [-0.15, -0.1) is 12.4 Å². The maximum absolute atomic E-state index is 12.5. The molecule has 21 heavy (non-hydrogen) atoms. The van der Waals surface area contributed by atoms with E-state index in [9.17, 15) is 8.42 Å². The highest BCUT2D eigenvalue weighted by Gasteiger charge is 2.31. The SMILES string of the molecule is Cc1ccc(S(=O)(=O)NC(C)(CN)CC(C)C)c(Cl)c1.Cl. The average molecular weight is 355 g/mol. The summed E-state index contributed by atoms with van der Waals surface area (Å²) in [6.07, 6.45) is 0.659. The third kappa shape index (κ3) is 5.75. The molecule has 0 heterocycles. The molecule has 0 radical (unpaired) electrons. The van der Waals surface area contributed by atoms with Gasteiger partial charge in [-0.3, -0.25) is 0 Å². The van der Waals surface area contributed by atoms with Crippen molar-refractivity contribution in [2.24, 2.45) is 11.7 Å². The fourth-order valence-corrected chi connectivity index (χ4v) is 4.30. The summed E-state index contributed by atoms with van der Waals surface area (Å²) in [7, 11) is -3.69. The molecule has 0 saturated carbocycles. The Balaban J connectivity index is 0.00000400. The summed E-state index contributed by atoms with van der Waals surface area (Å²) in [5.74, 6) is 0.333. The van der Waals surface area contributed by atoms with Crippen LogP contribution in [0.5, 0.6) is 0 Å². The zero-order valence-electron chi connectivity index (χ0n) is 12.8. The first kappa shape index (κ1) is 20.7. The lowest BCUT2D eigenvalue weighted by Gasteiger charge is -2.31. The van der Waals surface area contributed by atoms with Crippen molar-refractivity contribution in [3.05, 3.63) is 28.8 Å². The van der Waals surface area contributed by atoms with Gasteiger partial charge in [0.15, 0.2) is 0 Å². The summed E-state index contributed by atoms with van der Waals surface area (Å²) in [5.41, 5.74) is 5.98. The minimum absolute atomic E-state index is 0. The molecule has 7 heteroatoms. The maximum atomic E-state index is 12.5. The summed E-state index contributed by atoms with van der Waals surface area (Å²) in [6.45, 7) is 7.96. The lowest BCUT2D eigenvalue weighted by atomic mass is 9.92. The van der Waals surface area contributed by atoms with E-state index in [0.29, 0.717) is 12.3 Å². The highest BCUT2D eigenvalue weighted by Crippen LogP contribution is 2.25. The van der Waals surface area contributed by atoms with Crippen LogP contribution in [0.15, 0.2) is 23.1 Å². The minimum Gasteiger partial charge on any atom is -0.329 e. The molecule has 0 fully saturated rings. The van der Waals surface area contributed by atoms with Gasteiger partial charge in [-0.05, 0) is 43.9 Å². The van der Waals surface area contributed by atoms with Gasteiger partial charge < -0.3 is 5.73 Å². The van der Waals surface area contributed by atoms with Crippen LogP contribution < -0.4 is 10.5 Å². The molecule has 3 N–H and O–H groups in total. The Labute approximate surface area is 138 Å². The molecule has 0 aliphatic rings. The van der Waals surface area contributed by atoms with E-state index in [1.54, 1.807) is 12.1 Å². The second-order valence-corrected chi connectivity index (χ2v) is 7.96. The van der Waals surface area contributed by atoms with Crippen LogP contribution in [-0.2, 0) is 10.0 Å². The lowest BCUT2D eigenvalue weighted by molar-refractivity contribution is 0.344. The Morgan fingerprint density at radius 1 is 1.38 bits per heavy atom. The van der Waals surface area contributed by atoms with Gasteiger partial charge in [-0.25, -0.2) is 13.1 Å². The minimum atomic E-state index is -3.69. The van der Waals surface area contributed by atoms with Gasteiger partial charge in [0.05, 0.1) is 5.02 Å². The third-order valence-corrected chi connectivity index (χ3v) is 5.19. The second-order valence-electron chi connectivity index (χ2n) is 5.90. The Bertz CT molecular complexity index is 576. The molecule has 0 saturated heterocycles. The summed E-state index contributed by atoms with van der Waals surface area (Å²) < 4.78 is 27.6. The molecular weight excluding hydrogens is 331 g/mol. The molecule has 1 aromatic rings. The van der Waals surface area contributed by atoms with Gasteiger partial charge in [-0.2, -0.15) is 0 Å². The summed E-state index contributed by atoms with van der Waals surface area (Å²) in [5, 5.41) is 0.224. The van der Waals surface area contributed by atoms with Gasteiger partial charge >= 0.3 is 0 Å². The smallest absolute Gasteiger partial charge is 0.242 e. The predicted octanol–water partition coefficient (Wildman–Crippen LogP) is 3.11. The topological polar surface area (TPSA) is 72.2 Å². The molecule has 0 aliphatic heterocycles. The summed E-state index contributed by atoms with van der Waals surface area (Å²) in [6, 6.07) is 4.88. The van der Waals surface area contributed by atoms with Crippen molar-refractivity contribution in [3.8, 4) is 0 Å². The van der Waals surface area contributed by atoms with E-state index in [1.165, 1.54) is 6.07 Å². The highest BCUT2D eigenvalue weighted by atomic mass is 35.5. The Morgan fingerprint density at radius 2 is 1.95 bits per heavy atom. The lowest BCUT2D eigenvalue weighted by Crippen LogP contribution is -2.52. The van der Waals surface area contributed by atoms with E-state index in [0.717, 1.165) is 5.56 Å². The van der Waals surface area contributed by atoms with Crippen molar-refractivity contribution in [3.63, 3.8) is 0 Å². The number of benzene rings is 1. The van der Waals surface area contributed by atoms with Crippen molar-refractivity contribution < 1.29 is 8.42 Å². The number of hydrogen-bond donors (Lipinski definition) is 2. The van der Waals surface area contributed by atoms with Crippen molar-refractivity contribution >= 4 is 34.0 Å². The maximum Gasteiger partial charge on any atom is 0.242 e. The Hall–Kier alpha value is -0.330. The molecule has 0 spiro atoms. The van der Waals surface area contributed by atoms with Crippen molar-refractivity contribution in [1.82, 2.24) is 4.72 Å². The molecule has 4 nitrogen and oxygen atoms in total. The van der Waals surface area contributed by atoms with Crippen LogP contribution in [-0.4, -0.2) is 20.5 Å². The monoisotopic (exact) mass is 354 g/mol. The van der Waals surface area contributed by atoms with Crippen LogP contribution in [0.4, 0.5) is 0 Å². The zero-order chi connectivity index (χ0) is 15.6. The van der Waals surface area contributed by atoms with Crippen LogP contribution in [0.2, 0.25) is 5.02 Å². The molecule has 1 aromatic carbocycles. The largest absolute Gasteiger partial charge is 0.329 e. The predicted molar refractivity (Wildman–Crippen MR) is 90.7 cm³/mol. The number of rotatable bonds is 6. The van der Waals surface area contributed by atoms with Gasteiger partial charge in [0.25, 0.3) is 0 Å². The fourth-order valence-electron chi connectivity index (χ4n) is 2.27. The zero-order valence-corrected chi connectivity index (χ0v) is 15.2. The van der Waals surface area contributed by atoms with Gasteiger partial charge in [-0.1, -0.05) is 31.5 Å². The van der Waals surface area contributed by atoms with Gasteiger partial charge in [0.1, 0.15) is 4.90 Å². The number of aryl methyl sites for hydroxylation is 1. The van der Waals surface area contributed by atoms with E-state index >= 15 is 0 Å². The van der Waals surface area contributed by atoms with Crippen molar-refractivity contribution in [2.75, 3.05) is 6.54 Å². The Kier molecular flexibility index (Phi) is 7.67. The third-order valence-electron chi connectivity index (χ3n) is 3.07. The molecule has 0 aliphatic carbocycles. The highest BCUT2D eigenvalue weighted by molar-refractivity contribution is 7.89. The summed E-state index contributed by atoms with van der Waals surface area (Å²) >= 11 is 6.04. The van der Waals surface area contributed by atoms with E-state index < -0.39 is 15.6 Å². The van der Waals surface area contributed by atoms with E-state index in [1.807, 2.05) is 27.7 Å². The van der Waals surface area contributed by atoms with Crippen molar-refractivity contribution in [2.45, 2.75) is 44.6 Å². The number of nitrogens with two attached hydrogens (primary N) is 1. The van der Waals surface area contributed by atoms with Crippen LogP contribution in [0.25, 0.3) is 0 Å². The normalized spacial score (nSPS) is 14.6. The average Bonchev–Trinajstić information content (AvgIpc) is 2.26. The van der Waals surface area contributed by atoms with Crippen LogP contribution >= 0.6 is 24.0 Å². The Morgan fingerprint density at radius 3 is 2.38 bits per heavy atom. The molecule has 1 rings (SSSR count). The van der Waals surface area contributed by atoms with E-state index in [2.05, 4.69) is 4.72 Å². The molecule has 1 atom stereocenters. The first-order valence-corrected chi connectivity index (χ1v) is 8.46. The summed E-state index contributed by atoms with van der Waals surface area (Å²) in [4.78, 5) is 0.0909. The van der Waals surface area contributed by atoms with Crippen LogP contribution in [0.1, 0.15) is 32.8 Å². The van der Waals surface area contributed by atoms with Gasteiger partial charge in [0, 0.05) is 12.1 Å². The van der Waals surface area contributed by atoms with Crippen LogP contribution in [0, 0.1) is 12.8 Å². The van der Waals surface area contributed by atoms with Gasteiger partial charge in [0.2, 0.25) is 10.0 Å². The number of nitrogens with one attached hydrogen (secondary N) is 1. The van der Waals surface area contributed by atoms with E-state index in [-0.39, 0.29) is 28.9 Å². The first-order valence-electron chi connectivity index (χ1n) is 6.60. The molecule has 0 amide bonds.